The van der Waals surface area contributed by atoms with E-state index < -0.39 is 0 Å². The summed E-state index contributed by atoms with van der Waals surface area (Å²) in [6, 6.07) is 6.59. The van der Waals surface area contributed by atoms with E-state index in [2.05, 4.69) is 27.1 Å². The molecule has 6 heteroatoms. The van der Waals surface area contributed by atoms with Crippen LogP contribution >= 0.6 is 0 Å². The van der Waals surface area contributed by atoms with Crippen LogP contribution in [0.25, 0.3) is 5.65 Å². The fourth-order valence-electron chi connectivity index (χ4n) is 4.31. The topological polar surface area (TPSA) is 52.9 Å². The van der Waals surface area contributed by atoms with Crippen molar-refractivity contribution in [3.63, 3.8) is 0 Å². The van der Waals surface area contributed by atoms with Crippen LogP contribution in [0, 0.1) is 5.92 Å². The van der Waals surface area contributed by atoms with Gasteiger partial charge in [-0.05, 0) is 64.5 Å². The number of imidazole rings is 1. The fourth-order valence-corrected chi connectivity index (χ4v) is 4.31. The van der Waals surface area contributed by atoms with E-state index in [4.69, 9.17) is 0 Å². The number of amides is 1. The van der Waals surface area contributed by atoms with Gasteiger partial charge >= 0.3 is 0 Å². The number of carbonyl (C=O) groups excluding carboxylic acids is 1. The van der Waals surface area contributed by atoms with Crippen molar-refractivity contribution >= 4 is 11.6 Å². The summed E-state index contributed by atoms with van der Waals surface area (Å²) in [5, 5.41) is 3.11. The Kier molecular flexibility index (Phi) is 5.22. The van der Waals surface area contributed by atoms with Gasteiger partial charge < -0.3 is 14.6 Å². The summed E-state index contributed by atoms with van der Waals surface area (Å²) in [6.07, 6.45) is 8.55. The zero-order valence-corrected chi connectivity index (χ0v) is 15.6. The monoisotopic (exact) mass is 355 g/mol. The van der Waals surface area contributed by atoms with Crippen LogP contribution in [0.2, 0.25) is 0 Å². The van der Waals surface area contributed by atoms with E-state index in [-0.39, 0.29) is 11.8 Å². The Bertz CT molecular complexity index is 716. The molecule has 2 aliphatic heterocycles. The number of piperidine rings is 2. The summed E-state index contributed by atoms with van der Waals surface area (Å²) in [4.78, 5) is 22.2. The van der Waals surface area contributed by atoms with Crippen LogP contribution < -0.4 is 5.32 Å². The molecule has 0 spiro atoms. The van der Waals surface area contributed by atoms with Crippen LogP contribution in [0.4, 0.5) is 0 Å². The molecule has 26 heavy (non-hydrogen) atoms. The lowest BCUT2D eigenvalue weighted by Gasteiger charge is -2.41. The van der Waals surface area contributed by atoms with Gasteiger partial charge in [-0.15, -0.1) is 0 Å². The summed E-state index contributed by atoms with van der Waals surface area (Å²) in [5.41, 5.74) is 1.83. The van der Waals surface area contributed by atoms with E-state index in [9.17, 15) is 4.79 Å². The van der Waals surface area contributed by atoms with Crippen molar-refractivity contribution in [3.05, 3.63) is 36.3 Å². The van der Waals surface area contributed by atoms with Gasteiger partial charge in [0.25, 0.3) is 0 Å². The molecule has 4 rings (SSSR count). The molecule has 2 fully saturated rings. The number of pyridine rings is 1. The normalized spacial score (nSPS) is 23.3. The predicted octanol–water partition coefficient (Wildman–Crippen LogP) is 1.76. The summed E-state index contributed by atoms with van der Waals surface area (Å²) >= 11 is 0. The van der Waals surface area contributed by atoms with Gasteiger partial charge in [-0.3, -0.25) is 9.69 Å². The van der Waals surface area contributed by atoms with Crippen LogP contribution in [-0.4, -0.2) is 64.4 Å². The smallest absolute Gasteiger partial charge is 0.224 e. The first-order chi connectivity index (χ1) is 12.7. The Morgan fingerprint density at radius 2 is 2.08 bits per heavy atom. The van der Waals surface area contributed by atoms with Crippen molar-refractivity contribution in [1.82, 2.24) is 24.5 Å². The highest BCUT2D eigenvalue weighted by atomic mass is 16.1. The molecule has 0 aliphatic carbocycles. The number of nitrogens with zero attached hydrogens (tertiary/aromatic N) is 4. The second-order valence-electron chi connectivity index (χ2n) is 7.78. The zero-order valence-electron chi connectivity index (χ0n) is 15.6. The van der Waals surface area contributed by atoms with Gasteiger partial charge in [0, 0.05) is 25.0 Å². The molecule has 1 atom stereocenters. The molecule has 6 nitrogen and oxygen atoms in total. The molecule has 2 aromatic heterocycles. The summed E-state index contributed by atoms with van der Waals surface area (Å²) in [6.45, 7) is 4.90. The number of hydrogen-bond acceptors (Lipinski definition) is 4. The standard InChI is InChI=1S/C20H29N5O/c1-23-11-7-18(8-12-23)24-10-4-5-16(14-24)20(26)21-13-17-15-25-9-3-2-6-19(25)22-17/h2-3,6,9,15-16,18H,4-5,7-8,10-14H2,1H3,(H,21,26)/t16-/m1/s1. The average molecular weight is 355 g/mol. The van der Waals surface area contributed by atoms with E-state index >= 15 is 0 Å². The first-order valence-electron chi connectivity index (χ1n) is 9.82. The van der Waals surface area contributed by atoms with Crippen LogP contribution in [0.1, 0.15) is 31.4 Å². The number of nitrogens with one attached hydrogen (secondary N) is 1. The highest BCUT2D eigenvalue weighted by Gasteiger charge is 2.31. The van der Waals surface area contributed by atoms with Gasteiger partial charge in [0.05, 0.1) is 18.2 Å². The first kappa shape index (κ1) is 17.5. The zero-order chi connectivity index (χ0) is 17.9. The Morgan fingerprint density at radius 1 is 1.23 bits per heavy atom. The molecule has 140 valence electrons. The Balaban J connectivity index is 1.31. The van der Waals surface area contributed by atoms with E-state index in [0.717, 1.165) is 37.3 Å². The third-order valence-electron chi connectivity index (χ3n) is 5.89. The summed E-state index contributed by atoms with van der Waals surface area (Å²) < 4.78 is 1.99. The van der Waals surface area contributed by atoms with Gasteiger partial charge in [0.15, 0.2) is 0 Å². The summed E-state index contributed by atoms with van der Waals surface area (Å²) in [5.74, 6) is 0.292. The highest BCUT2D eigenvalue weighted by molar-refractivity contribution is 5.78. The van der Waals surface area contributed by atoms with Gasteiger partial charge in [-0.25, -0.2) is 4.98 Å². The van der Waals surface area contributed by atoms with E-state index in [1.165, 1.54) is 25.9 Å². The third kappa shape index (κ3) is 3.91. The molecule has 1 N–H and O–H groups in total. The minimum absolute atomic E-state index is 0.112. The third-order valence-corrected chi connectivity index (χ3v) is 5.89. The number of carbonyl (C=O) groups is 1. The maximum absolute atomic E-state index is 12.7. The predicted molar refractivity (Wildman–Crippen MR) is 102 cm³/mol. The molecule has 2 aromatic rings. The van der Waals surface area contributed by atoms with Gasteiger partial charge in [-0.2, -0.15) is 0 Å². The molecule has 0 radical (unpaired) electrons. The SMILES string of the molecule is CN1CCC(N2CCC[C@@H](C(=O)NCc3cn4ccccc4n3)C2)CC1. The van der Waals surface area contributed by atoms with Crippen molar-refractivity contribution in [2.45, 2.75) is 38.3 Å². The number of aromatic nitrogens is 2. The van der Waals surface area contributed by atoms with Crippen LogP contribution in [0.5, 0.6) is 0 Å². The number of rotatable bonds is 4. The van der Waals surface area contributed by atoms with E-state index in [1.807, 2.05) is 35.0 Å². The van der Waals surface area contributed by atoms with Crippen molar-refractivity contribution < 1.29 is 4.79 Å². The fraction of sp³-hybridized carbons (Fsp3) is 0.600. The van der Waals surface area contributed by atoms with Crippen molar-refractivity contribution in [2.24, 2.45) is 5.92 Å². The minimum atomic E-state index is 0.112. The Labute approximate surface area is 155 Å². The van der Waals surface area contributed by atoms with E-state index in [0.29, 0.717) is 12.6 Å². The molecule has 4 heterocycles. The molecule has 2 aliphatic rings. The largest absolute Gasteiger partial charge is 0.350 e. The van der Waals surface area contributed by atoms with Crippen LogP contribution in [0.15, 0.2) is 30.6 Å². The van der Waals surface area contributed by atoms with E-state index in [1.54, 1.807) is 0 Å². The Morgan fingerprint density at radius 3 is 2.88 bits per heavy atom. The highest BCUT2D eigenvalue weighted by Crippen LogP contribution is 2.23. The van der Waals surface area contributed by atoms with Crippen molar-refractivity contribution in [3.8, 4) is 0 Å². The molecular weight excluding hydrogens is 326 g/mol. The lowest BCUT2D eigenvalue weighted by atomic mass is 9.93. The lowest BCUT2D eigenvalue weighted by molar-refractivity contribution is -0.127. The number of likely N-dealkylation sites (tertiary alicyclic amines) is 2. The minimum Gasteiger partial charge on any atom is -0.350 e. The molecule has 1 amide bonds. The summed E-state index contributed by atoms with van der Waals surface area (Å²) in [7, 11) is 2.20. The average Bonchev–Trinajstić information content (AvgIpc) is 3.10. The lowest BCUT2D eigenvalue weighted by Crippen LogP contribution is -2.50. The van der Waals surface area contributed by atoms with Crippen LogP contribution in [0.3, 0.4) is 0 Å². The molecule has 0 bridgehead atoms. The quantitative estimate of drug-likeness (QED) is 0.908. The maximum Gasteiger partial charge on any atom is 0.224 e. The first-order valence-corrected chi connectivity index (χ1v) is 9.82. The Hall–Kier alpha value is -1.92. The second kappa shape index (κ2) is 7.76. The molecule has 2 saturated heterocycles. The van der Waals surface area contributed by atoms with Crippen molar-refractivity contribution in [1.29, 1.82) is 0 Å². The second-order valence-corrected chi connectivity index (χ2v) is 7.78. The molecule has 0 aromatic carbocycles. The molecule has 0 saturated carbocycles. The van der Waals surface area contributed by atoms with Gasteiger partial charge in [-0.1, -0.05) is 6.07 Å². The van der Waals surface area contributed by atoms with Crippen molar-refractivity contribution in [2.75, 3.05) is 33.2 Å². The van der Waals surface area contributed by atoms with Crippen LogP contribution in [-0.2, 0) is 11.3 Å². The van der Waals surface area contributed by atoms with Gasteiger partial charge in [0.1, 0.15) is 5.65 Å². The molecule has 0 unspecified atom stereocenters. The maximum atomic E-state index is 12.7. The number of hydrogen-bond donors (Lipinski definition) is 1. The van der Waals surface area contributed by atoms with Gasteiger partial charge in [0.2, 0.25) is 5.91 Å². The molecular formula is C20H29N5O. The number of fused-ring (bicyclic) bond motifs is 1.